The molecule has 1 atom stereocenters. The minimum absolute atomic E-state index is 0.0573. The van der Waals surface area contributed by atoms with Gasteiger partial charge in [-0.2, -0.15) is 0 Å². The van der Waals surface area contributed by atoms with Crippen LogP contribution in [0.1, 0.15) is 41.0 Å². The fourth-order valence-corrected chi connectivity index (χ4v) is 3.25. The van der Waals surface area contributed by atoms with Gasteiger partial charge >= 0.3 is 0 Å². The molecule has 0 fully saturated rings. The molecule has 0 saturated carbocycles. The SMILES string of the molecule is CC(C)CC(C(=O)Nc1ccc(F)c(Cl)c1)N1C(=O)c2ccccc2C1=O. The van der Waals surface area contributed by atoms with Gasteiger partial charge in [0.15, 0.2) is 0 Å². The third-order valence-corrected chi connectivity index (χ3v) is 4.61. The molecule has 0 aromatic heterocycles. The van der Waals surface area contributed by atoms with Crippen LogP contribution in [0.5, 0.6) is 0 Å². The van der Waals surface area contributed by atoms with Gasteiger partial charge in [0, 0.05) is 5.69 Å². The van der Waals surface area contributed by atoms with Crippen LogP contribution in [-0.4, -0.2) is 28.7 Å². The summed E-state index contributed by atoms with van der Waals surface area (Å²) in [5.74, 6) is -2.06. The molecule has 2 aromatic carbocycles. The number of hydrogen-bond acceptors (Lipinski definition) is 3. The number of carbonyl (C=O) groups excluding carboxylic acids is 3. The van der Waals surface area contributed by atoms with Crippen molar-refractivity contribution in [2.24, 2.45) is 5.92 Å². The molecule has 3 rings (SSSR count). The summed E-state index contributed by atoms with van der Waals surface area (Å²) in [6.07, 6.45) is 0.298. The Kier molecular flexibility index (Phi) is 5.28. The topological polar surface area (TPSA) is 66.5 Å². The number of nitrogens with zero attached hydrogens (tertiary/aromatic N) is 1. The maximum atomic E-state index is 13.3. The van der Waals surface area contributed by atoms with Gasteiger partial charge in [-0.05, 0) is 42.7 Å². The number of imide groups is 1. The number of hydrogen-bond donors (Lipinski definition) is 1. The summed E-state index contributed by atoms with van der Waals surface area (Å²) in [5.41, 5.74) is 0.861. The van der Waals surface area contributed by atoms with Gasteiger partial charge in [0.05, 0.1) is 16.1 Å². The number of fused-ring (bicyclic) bond motifs is 1. The van der Waals surface area contributed by atoms with Crippen LogP contribution in [0.15, 0.2) is 42.5 Å². The maximum absolute atomic E-state index is 13.3. The molecule has 1 aliphatic rings. The summed E-state index contributed by atoms with van der Waals surface area (Å²) in [7, 11) is 0. The van der Waals surface area contributed by atoms with E-state index >= 15 is 0 Å². The number of nitrogens with one attached hydrogen (secondary N) is 1. The molecule has 140 valence electrons. The van der Waals surface area contributed by atoms with E-state index in [4.69, 9.17) is 11.6 Å². The van der Waals surface area contributed by atoms with E-state index in [9.17, 15) is 18.8 Å². The van der Waals surface area contributed by atoms with E-state index in [2.05, 4.69) is 5.32 Å². The van der Waals surface area contributed by atoms with Crippen molar-refractivity contribution < 1.29 is 18.8 Å². The predicted octanol–water partition coefficient (Wildman–Crippen LogP) is 4.13. The highest BCUT2D eigenvalue weighted by atomic mass is 35.5. The highest BCUT2D eigenvalue weighted by Gasteiger charge is 2.42. The molecule has 0 radical (unpaired) electrons. The van der Waals surface area contributed by atoms with Crippen LogP contribution < -0.4 is 5.32 Å². The molecule has 2 aromatic rings. The molecule has 1 N–H and O–H groups in total. The maximum Gasteiger partial charge on any atom is 0.262 e. The molecular weight excluding hydrogens is 371 g/mol. The lowest BCUT2D eigenvalue weighted by Crippen LogP contribution is -2.47. The first-order chi connectivity index (χ1) is 12.8. The van der Waals surface area contributed by atoms with Crippen LogP contribution in [0.3, 0.4) is 0 Å². The Balaban J connectivity index is 1.90. The third-order valence-electron chi connectivity index (χ3n) is 4.32. The normalized spacial score (nSPS) is 14.5. The molecule has 1 aliphatic heterocycles. The van der Waals surface area contributed by atoms with Gasteiger partial charge in [0.25, 0.3) is 11.8 Å². The average Bonchev–Trinajstić information content (AvgIpc) is 2.87. The molecule has 5 nitrogen and oxygen atoms in total. The highest BCUT2D eigenvalue weighted by molar-refractivity contribution is 6.31. The molecule has 27 heavy (non-hydrogen) atoms. The summed E-state index contributed by atoms with van der Waals surface area (Å²) < 4.78 is 13.3. The third kappa shape index (κ3) is 3.71. The average molecular weight is 389 g/mol. The van der Waals surface area contributed by atoms with Gasteiger partial charge in [-0.25, -0.2) is 4.39 Å². The van der Waals surface area contributed by atoms with E-state index in [1.807, 2.05) is 13.8 Å². The lowest BCUT2D eigenvalue weighted by atomic mass is 10.0. The van der Waals surface area contributed by atoms with Gasteiger partial charge in [-0.15, -0.1) is 0 Å². The van der Waals surface area contributed by atoms with Crippen molar-refractivity contribution in [2.75, 3.05) is 5.32 Å². The Labute approximate surface area is 161 Å². The first kappa shape index (κ1) is 19.0. The Morgan fingerprint density at radius 2 is 1.70 bits per heavy atom. The largest absolute Gasteiger partial charge is 0.324 e. The zero-order valence-electron chi connectivity index (χ0n) is 14.8. The standard InChI is InChI=1S/C20H18ClFN2O3/c1-11(2)9-17(18(25)23-12-7-8-16(22)15(21)10-12)24-19(26)13-5-3-4-6-14(13)20(24)27/h3-8,10-11,17H,9H2,1-2H3,(H,23,25). The zero-order valence-corrected chi connectivity index (χ0v) is 15.6. The quantitative estimate of drug-likeness (QED) is 0.783. The highest BCUT2D eigenvalue weighted by Crippen LogP contribution is 2.28. The summed E-state index contributed by atoms with van der Waals surface area (Å²) >= 11 is 5.75. The van der Waals surface area contributed by atoms with Crippen LogP contribution in [0.4, 0.5) is 10.1 Å². The van der Waals surface area contributed by atoms with E-state index in [1.54, 1.807) is 24.3 Å². The molecule has 7 heteroatoms. The van der Waals surface area contributed by atoms with Crippen LogP contribution in [0, 0.1) is 11.7 Å². The second kappa shape index (κ2) is 7.48. The van der Waals surface area contributed by atoms with Crippen molar-refractivity contribution in [3.8, 4) is 0 Å². The lowest BCUT2D eigenvalue weighted by Gasteiger charge is -2.26. The van der Waals surface area contributed by atoms with Gasteiger partial charge in [0.2, 0.25) is 5.91 Å². The summed E-state index contributed by atoms with van der Waals surface area (Å²) in [6, 6.07) is 9.28. The molecular formula is C20H18ClFN2O3. The number of anilines is 1. The Morgan fingerprint density at radius 1 is 1.11 bits per heavy atom. The van der Waals surface area contributed by atoms with Crippen molar-refractivity contribution in [3.63, 3.8) is 0 Å². The van der Waals surface area contributed by atoms with Crippen molar-refractivity contribution in [1.82, 2.24) is 4.90 Å². The van der Waals surface area contributed by atoms with Crippen molar-refractivity contribution >= 4 is 35.0 Å². The second-order valence-electron chi connectivity index (χ2n) is 6.79. The monoisotopic (exact) mass is 388 g/mol. The van der Waals surface area contributed by atoms with Crippen molar-refractivity contribution in [3.05, 3.63) is 64.4 Å². The van der Waals surface area contributed by atoms with E-state index in [-0.39, 0.29) is 27.8 Å². The molecule has 1 heterocycles. The second-order valence-corrected chi connectivity index (χ2v) is 7.20. The van der Waals surface area contributed by atoms with Crippen LogP contribution in [-0.2, 0) is 4.79 Å². The smallest absolute Gasteiger partial charge is 0.262 e. The molecule has 0 spiro atoms. The lowest BCUT2D eigenvalue weighted by molar-refractivity contribution is -0.120. The fourth-order valence-electron chi connectivity index (χ4n) is 3.07. The van der Waals surface area contributed by atoms with E-state index in [0.717, 1.165) is 11.0 Å². The molecule has 0 bridgehead atoms. The molecule has 0 saturated heterocycles. The first-order valence-electron chi connectivity index (χ1n) is 8.52. The van der Waals surface area contributed by atoms with Gasteiger partial charge in [-0.1, -0.05) is 37.6 Å². The summed E-state index contributed by atoms with van der Waals surface area (Å²) in [4.78, 5) is 39.4. The zero-order chi connectivity index (χ0) is 19.7. The van der Waals surface area contributed by atoms with E-state index < -0.39 is 29.6 Å². The Hall–Kier alpha value is -2.73. The first-order valence-corrected chi connectivity index (χ1v) is 8.90. The van der Waals surface area contributed by atoms with E-state index in [1.165, 1.54) is 12.1 Å². The number of rotatable bonds is 5. The summed E-state index contributed by atoms with van der Waals surface area (Å²) in [5, 5.41) is 2.49. The molecule has 3 amide bonds. The minimum Gasteiger partial charge on any atom is -0.324 e. The van der Waals surface area contributed by atoms with Gasteiger partial charge in [0.1, 0.15) is 11.9 Å². The number of halogens is 2. The molecule has 1 unspecified atom stereocenters. The fraction of sp³-hybridized carbons (Fsp3) is 0.250. The Bertz CT molecular complexity index is 894. The number of benzene rings is 2. The van der Waals surface area contributed by atoms with Crippen molar-refractivity contribution in [1.29, 1.82) is 0 Å². The van der Waals surface area contributed by atoms with Crippen LogP contribution >= 0.6 is 11.6 Å². The number of carbonyl (C=O) groups is 3. The van der Waals surface area contributed by atoms with Crippen LogP contribution in [0.2, 0.25) is 5.02 Å². The minimum atomic E-state index is -0.985. The Morgan fingerprint density at radius 3 is 2.22 bits per heavy atom. The van der Waals surface area contributed by atoms with Crippen molar-refractivity contribution in [2.45, 2.75) is 26.3 Å². The summed E-state index contributed by atoms with van der Waals surface area (Å²) in [6.45, 7) is 3.79. The molecule has 0 aliphatic carbocycles. The van der Waals surface area contributed by atoms with E-state index in [0.29, 0.717) is 6.42 Å². The predicted molar refractivity (Wildman–Crippen MR) is 100 cm³/mol. The van der Waals surface area contributed by atoms with Crippen LogP contribution in [0.25, 0.3) is 0 Å². The van der Waals surface area contributed by atoms with Gasteiger partial charge in [-0.3, -0.25) is 19.3 Å². The van der Waals surface area contributed by atoms with Gasteiger partial charge < -0.3 is 5.32 Å². The number of amides is 3.